The predicted molar refractivity (Wildman–Crippen MR) is 92.7 cm³/mol. The molecule has 21 heavy (non-hydrogen) atoms. The topological polar surface area (TPSA) is 12.0 Å². The summed E-state index contributed by atoms with van der Waals surface area (Å²) in [6.45, 7) is 5.66. The second-order valence-electron chi connectivity index (χ2n) is 6.74. The van der Waals surface area contributed by atoms with E-state index >= 15 is 0 Å². The number of nitrogens with one attached hydrogen (secondary N) is 1. The van der Waals surface area contributed by atoms with Crippen LogP contribution in [-0.2, 0) is 6.42 Å². The largest absolute Gasteiger partial charge is 0.310 e. The monoisotopic (exact) mass is 287 g/mol. The highest BCUT2D eigenvalue weighted by atomic mass is 14.9. The van der Waals surface area contributed by atoms with Crippen LogP contribution in [0.25, 0.3) is 0 Å². The van der Waals surface area contributed by atoms with Crippen LogP contribution in [-0.4, -0.2) is 6.54 Å². The Morgan fingerprint density at radius 1 is 1.05 bits per heavy atom. The SMILES string of the molecule is CCCCc1ccc(C(CC2CCCC2)NCCC)cc1. The van der Waals surface area contributed by atoms with Crippen molar-refractivity contribution in [2.24, 2.45) is 5.92 Å². The van der Waals surface area contributed by atoms with Crippen LogP contribution < -0.4 is 5.32 Å². The highest BCUT2D eigenvalue weighted by molar-refractivity contribution is 5.25. The normalized spacial score (nSPS) is 17.2. The van der Waals surface area contributed by atoms with Crippen molar-refractivity contribution in [3.05, 3.63) is 35.4 Å². The van der Waals surface area contributed by atoms with E-state index in [9.17, 15) is 0 Å². The van der Waals surface area contributed by atoms with Crippen molar-refractivity contribution < 1.29 is 0 Å². The van der Waals surface area contributed by atoms with Gasteiger partial charge in [-0.3, -0.25) is 0 Å². The van der Waals surface area contributed by atoms with Crippen LogP contribution in [0.3, 0.4) is 0 Å². The van der Waals surface area contributed by atoms with Crippen molar-refractivity contribution >= 4 is 0 Å². The molecule has 0 saturated heterocycles. The predicted octanol–water partition coefficient (Wildman–Crippen LogP) is 5.65. The average Bonchev–Trinajstić information content (AvgIpc) is 3.03. The summed E-state index contributed by atoms with van der Waals surface area (Å²) in [4.78, 5) is 0. The molecule has 0 radical (unpaired) electrons. The quantitative estimate of drug-likeness (QED) is 0.619. The van der Waals surface area contributed by atoms with E-state index in [0.29, 0.717) is 6.04 Å². The highest BCUT2D eigenvalue weighted by Gasteiger charge is 2.20. The van der Waals surface area contributed by atoms with Crippen LogP contribution in [0.15, 0.2) is 24.3 Å². The third kappa shape index (κ3) is 5.47. The summed E-state index contributed by atoms with van der Waals surface area (Å²) >= 11 is 0. The molecule has 1 atom stereocenters. The van der Waals surface area contributed by atoms with Crippen LogP contribution in [0.4, 0.5) is 0 Å². The smallest absolute Gasteiger partial charge is 0.0322 e. The maximum Gasteiger partial charge on any atom is 0.0322 e. The number of rotatable bonds is 9. The molecule has 0 aliphatic heterocycles. The van der Waals surface area contributed by atoms with Gasteiger partial charge in [0.2, 0.25) is 0 Å². The summed E-state index contributed by atoms with van der Waals surface area (Å²) in [5.74, 6) is 0.944. The minimum Gasteiger partial charge on any atom is -0.310 e. The molecule has 1 aromatic carbocycles. The van der Waals surface area contributed by atoms with Crippen molar-refractivity contribution in [1.82, 2.24) is 5.32 Å². The Labute approximate surface area is 131 Å². The van der Waals surface area contributed by atoms with Crippen LogP contribution >= 0.6 is 0 Å². The van der Waals surface area contributed by atoms with E-state index < -0.39 is 0 Å². The molecule has 1 aliphatic rings. The number of benzene rings is 1. The molecule has 0 spiro atoms. The van der Waals surface area contributed by atoms with Crippen LogP contribution in [0.5, 0.6) is 0 Å². The first kappa shape index (κ1) is 16.5. The molecule has 1 heteroatoms. The number of unbranched alkanes of at least 4 members (excludes halogenated alkanes) is 1. The summed E-state index contributed by atoms with van der Waals surface area (Å²) in [7, 11) is 0. The molecule has 2 rings (SSSR count). The molecule has 1 fully saturated rings. The maximum atomic E-state index is 3.78. The Morgan fingerprint density at radius 2 is 1.76 bits per heavy atom. The Balaban J connectivity index is 1.97. The summed E-state index contributed by atoms with van der Waals surface area (Å²) < 4.78 is 0. The van der Waals surface area contributed by atoms with Crippen LogP contribution in [0, 0.1) is 5.92 Å². The Bertz CT molecular complexity index is 375. The van der Waals surface area contributed by atoms with Gasteiger partial charge in [-0.15, -0.1) is 0 Å². The molecular weight excluding hydrogens is 254 g/mol. The van der Waals surface area contributed by atoms with Crippen molar-refractivity contribution in [1.29, 1.82) is 0 Å². The molecule has 0 bridgehead atoms. The zero-order chi connectivity index (χ0) is 14.9. The van der Waals surface area contributed by atoms with E-state index in [0.717, 1.165) is 12.5 Å². The second kappa shape index (κ2) is 9.25. The molecule has 1 N–H and O–H groups in total. The van der Waals surface area contributed by atoms with Crippen molar-refractivity contribution in [3.63, 3.8) is 0 Å². The van der Waals surface area contributed by atoms with Gasteiger partial charge in [0.05, 0.1) is 0 Å². The summed E-state index contributed by atoms with van der Waals surface area (Å²) in [5, 5.41) is 3.78. The third-order valence-electron chi connectivity index (χ3n) is 4.89. The summed E-state index contributed by atoms with van der Waals surface area (Å²) in [6, 6.07) is 9.99. The molecule has 1 unspecified atom stereocenters. The molecule has 0 amide bonds. The van der Waals surface area contributed by atoms with Gasteiger partial charge in [0.1, 0.15) is 0 Å². The van der Waals surface area contributed by atoms with Gasteiger partial charge >= 0.3 is 0 Å². The first-order chi connectivity index (χ1) is 10.3. The maximum absolute atomic E-state index is 3.78. The van der Waals surface area contributed by atoms with Crippen molar-refractivity contribution in [2.75, 3.05) is 6.54 Å². The molecule has 0 aromatic heterocycles. The Hall–Kier alpha value is -0.820. The fourth-order valence-electron chi connectivity index (χ4n) is 3.53. The first-order valence-corrected chi connectivity index (χ1v) is 9.15. The van der Waals surface area contributed by atoms with Gasteiger partial charge in [0, 0.05) is 6.04 Å². The molecule has 1 aliphatic carbocycles. The van der Waals surface area contributed by atoms with Gasteiger partial charge in [-0.05, 0) is 49.3 Å². The molecule has 1 aromatic rings. The van der Waals surface area contributed by atoms with Crippen LogP contribution in [0.2, 0.25) is 0 Å². The van der Waals surface area contributed by atoms with Crippen molar-refractivity contribution in [2.45, 2.75) is 77.7 Å². The van der Waals surface area contributed by atoms with Gasteiger partial charge in [-0.1, -0.05) is 70.2 Å². The lowest BCUT2D eigenvalue weighted by Crippen LogP contribution is -2.24. The number of hydrogen-bond donors (Lipinski definition) is 1. The van der Waals surface area contributed by atoms with Crippen LogP contribution in [0.1, 0.15) is 82.4 Å². The van der Waals surface area contributed by atoms with Gasteiger partial charge in [-0.25, -0.2) is 0 Å². The van der Waals surface area contributed by atoms with E-state index in [2.05, 4.69) is 43.4 Å². The fraction of sp³-hybridized carbons (Fsp3) is 0.700. The van der Waals surface area contributed by atoms with Gasteiger partial charge < -0.3 is 5.32 Å². The highest BCUT2D eigenvalue weighted by Crippen LogP contribution is 2.33. The second-order valence-corrected chi connectivity index (χ2v) is 6.74. The standard InChI is InChI=1S/C20H33N/c1-3-5-8-17-11-13-19(14-12-17)20(21-15-4-2)16-18-9-6-7-10-18/h11-14,18,20-21H,3-10,15-16H2,1-2H3. The Kier molecular flexibility index (Phi) is 7.29. The molecule has 118 valence electrons. The Morgan fingerprint density at radius 3 is 2.38 bits per heavy atom. The lowest BCUT2D eigenvalue weighted by Gasteiger charge is -2.22. The zero-order valence-corrected chi connectivity index (χ0v) is 14.0. The van der Waals surface area contributed by atoms with E-state index in [4.69, 9.17) is 0 Å². The lowest BCUT2D eigenvalue weighted by atomic mass is 9.92. The van der Waals surface area contributed by atoms with E-state index in [1.807, 2.05) is 0 Å². The minimum atomic E-state index is 0.563. The van der Waals surface area contributed by atoms with E-state index in [1.54, 1.807) is 0 Å². The number of hydrogen-bond acceptors (Lipinski definition) is 1. The molecular formula is C20H33N. The first-order valence-electron chi connectivity index (χ1n) is 9.15. The molecule has 1 nitrogen and oxygen atoms in total. The summed E-state index contributed by atoms with van der Waals surface area (Å²) in [6.07, 6.45) is 12.1. The van der Waals surface area contributed by atoms with Gasteiger partial charge in [0.15, 0.2) is 0 Å². The average molecular weight is 287 g/mol. The fourth-order valence-corrected chi connectivity index (χ4v) is 3.53. The summed E-state index contributed by atoms with van der Waals surface area (Å²) in [5.41, 5.74) is 2.99. The third-order valence-corrected chi connectivity index (χ3v) is 4.89. The zero-order valence-electron chi connectivity index (χ0n) is 14.0. The number of aryl methyl sites for hydroxylation is 1. The van der Waals surface area contributed by atoms with Crippen molar-refractivity contribution in [3.8, 4) is 0 Å². The van der Waals surface area contributed by atoms with Gasteiger partial charge in [0.25, 0.3) is 0 Å². The van der Waals surface area contributed by atoms with Gasteiger partial charge in [-0.2, -0.15) is 0 Å². The molecule has 1 saturated carbocycles. The van der Waals surface area contributed by atoms with E-state index in [1.165, 1.54) is 68.9 Å². The molecule has 0 heterocycles. The lowest BCUT2D eigenvalue weighted by molar-refractivity contribution is 0.395. The minimum absolute atomic E-state index is 0.563. The van der Waals surface area contributed by atoms with E-state index in [-0.39, 0.29) is 0 Å².